The van der Waals surface area contributed by atoms with Crippen LogP contribution in [0.15, 0.2) is 103 Å². The summed E-state index contributed by atoms with van der Waals surface area (Å²) >= 11 is 0. The maximum Gasteiger partial charge on any atom is 0.326 e. The van der Waals surface area contributed by atoms with Gasteiger partial charge in [0, 0.05) is 12.1 Å². The zero-order valence-corrected chi connectivity index (χ0v) is 27.9. The highest BCUT2D eigenvalue weighted by molar-refractivity contribution is 6.03. The molecule has 4 atom stereocenters. The minimum Gasteiger partial charge on any atom is -0.480 e. The SMILES string of the molecule is O=C(COC1(CCc2ccc(C3C(CC[C@H](O)c4ccc(F)cc4)C(=O)N3c3ccc(F)cc3)cc2)COC1)N[C@H](Cc1ccccc1)C(=O)O. The Labute approximate surface area is 294 Å². The van der Waals surface area contributed by atoms with Gasteiger partial charge < -0.3 is 29.9 Å². The average molecular weight is 699 g/mol. The Kier molecular flexibility index (Phi) is 11.2. The molecule has 2 amide bonds. The summed E-state index contributed by atoms with van der Waals surface area (Å²) < 4.78 is 38.6. The van der Waals surface area contributed by atoms with Gasteiger partial charge in [-0.05, 0) is 84.3 Å². The number of hydrogen-bond donors (Lipinski definition) is 3. The van der Waals surface area contributed by atoms with Gasteiger partial charge in [0.2, 0.25) is 11.8 Å². The maximum absolute atomic E-state index is 13.7. The first-order valence-corrected chi connectivity index (χ1v) is 17.0. The lowest BCUT2D eigenvalue weighted by atomic mass is 9.78. The molecule has 4 aromatic carbocycles. The van der Waals surface area contributed by atoms with Crippen LogP contribution >= 0.6 is 0 Å². The molecule has 2 heterocycles. The predicted molar refractivity (Wildman–Crippen MR) is 185 cm³/mol. The van der Waals surface area contributed by atoms with Crippen LogP contribution in [0.3, 0.4) is 0 Å². The number of nitrogens with zero attached hydrogens (tertiary/aromatic N) is 1. The van der Waals surface area contributed by atoms with Crippen LogP contribution in [0.5, 0.6) is 0 Å². The third-order valence-electron chi connectivity index (χ3n) is 9.67. The highest BCUT2D eigenvalue weighted by Gasteiger charge is 2.48. The van der Waals surface area contributed by atoms with Crippen LogP contribution in [0.4, 0.5) is 14.5 Å². The van der Waals surface area contributed by atoms with E-state index in [2.05, 4.69) is 5.32 Å². The highest BCUT2D eigenvalue weighted by Crippen LogP contribution is 2.46. The molecule has 6 rings (SSSR count). The number of carbonyl (C=O) groups excluding carboxylic acids is 2. The number of nitrogens with one attached hydrogen (secondary N) is 1. The van der Waals surface area contributed by atoms with Crippen molar-refractivity contribution in [2.45, 2.75) is 55.9 Å². The van der Waals surface area contributed by atoms with E-state index in [-0.39, 0.29) is 25.0 Å². The highest BCUT2D eigenvalue weighted by atomic mass is 19.1. The summed E-state index contributed by atoms with van der Waals surface area (Å²) in [5, 5.41) is 22.9. The number of benzene rings is 4. The number of ether oxygens (including phenoxy) is 2. The lowest BCUT2D eigenvalue weighted by Crippen LogP contribution is -2.55. The van der Waals surface area contributed by atoms with E-state index in [0.717, 1.165) is 16.7 Å². The van der Waals surface area contributed by atoms with Crippen molar-refractivity contribution in [3.63, 3.8) is 0 Å². The minimum absolute atomic E-state index is 0.121. The van der Waals surface area contributed by atoms with Crippen molar-refractivity contribution in [3.05, 3.63) is 137 Å². The molecule has 2 aliphatic rings. The molecule has 51 heavy (non-hydrogen) atoms. The molecule has 0 spiro atoms. The first-order valence-electron chi connectivity index (χ1n) is 17.0. The second kappa shape index (κ2) is 15.9. The lowest BCUT2D eigenvalue weighted by Gasteiger charge is -2.48. The van der Waals surface area contributed by atoms with Crippen molar-refractivity contribution in [1.82, 2.24) is 5.32 Å². The van der Waals surface area contributed by atoms with Crippen LogP contribution in [-0.4, -0.2) is 59.5 Å². The van der Waals surface area contributed by atoms with Crippen molar-refractivity contribution in [2.75, 3.05) is 24.7 Å². The second-order valence-corrected chi connectivity index (χ2v) is 13.2. The Hall–Kier alpha value is -4.97. The molecule has 0 saturated carbocycles. The number of aliphatic hydroxyl groups excluding tert-OH is 1. The number of rotatable bonds is 16. The van der Waals surface area contributed by atoms with Gasteiger partial charge in [0.05, 0.1) is 31.3 Å². The predicted octanol–water partition coefficient (Wildman–Crippen LogP) is 5.71. The normalized spacial score (nSPS) is 19.0. The molecule has 2 aliphatic heterocycles. The van der Waals surface area contributed by atoms with Gasteiger partial charge in [0.25, 0.3) is 0 Å². The molecule has 0 aliphatic carbocycles. The van der Waals surface area contributed by atoms with Gasteiger partial charge in [-0.25, -0.2) is 13.6 Å². The van der Waals surface area contributed by atoms with E-state index >= 15 is 0 Å². The third-order valence-corrected chi connectivity index (χ3v) is 9.67. The summed E-state index contributed by atoms with van der Waals surface area (Å²) in [4.78, 5) is 39.6. The zero-order valence-electron chi connectivity index (χ0n) is 27.9. The fourth-order valence-electron chi connectivity index (χ4n) is 6.68. The fourth-order valence-corrected chi connectivity index (χ4v) is 6.68. The van der Waals surface area contributed by atoms with E-state index in [1.807, 2.05) is 42.5 Å². The van der Waals surface area contributed by atoms with Gasteiger partial charge >= 0.3 is 5.97 Å². The monoisotopic (exact) mass is 698 g/mol. The Morgan fingerprint density at radius 2 is 1.55 bits per heavy atom. The molecule has 2 unspecified atom stereocenters. The van der Waals surface area contributed by atoms with E-state index in [4.69, 9.17) is 9.47 Å². The number of carboxylic acids is 1. The van der Waals surface area contributed by atoms with Crippen molar-refractivity contribution >= 4 is 23.5 Å². The number of carboxylic acid groups (broad SMARTS) is 1. The molecule has 0 aromatic heterocycles. The molecule has 0 radical (unpaired) electrons. The maximum atomic E-state index is 13.7. The number of β-lactam (4-membered cyclic amide) rings is 1. The Balaban J connectivity index is 1.07. The van der Waals surface area contributed by atoms with Crippen LogP contribution in [0.25, 0.3) is 0 Å². The van der Waals surface area contributed by atoms with E-state index in [9.17, 15) is 33.4 Å². The summed E-state index contributed by atoms with van der Waals surface area (Å²) in [5.74, 6) is -2.98. The molecular formula is C40H40F2N2O7. The molecule has 266 valence electrons. The van der Waals surface area contributed by atoms with E-state index < -0.39 is 47.2 Å². The van der Waals surface area contributed by atoms with Gasteiger partial charge in [-0.2, -0.15) is 0 Å². The van der Waals surface area contributed by atoms with Crippen molar-refractivity contribution in [1.29, 1.82) is 0 Å². The molecule has 2 fully saturated rings. The smallest absolute Gasteiger partial charge is 0.326 e. The zero-order chi connectivity index (χ0) is 36.0. The topological polar surface area (TPSA) is 125 Å². The number of anilines is 1. The number of aliphatic carboxylic acids is 1. The van der Waals surface area contributed by atoms with Crippen molar-refractivity contribution in [3.8, 4) is 0 Å². The number of carbonyl (C=O) groups is 3. The molecule has 4 aromatic rings. The second-order valence-electron chi connectivity index (χ2n) is 13.2. The van der Waals surface area contributed by atoms with Crippen LogP contribution in [0.2, 0.25) is 0 Å². The summed E-state index contributed by atoms with van der Waals surface area (Å²) in [7, 11) is 0. The molecular weight excluding hydrogens is 658 g/mol. The molecule has 11 heteroatoms. The number of aliphatic hydroxyl groups is 1. The first-order chi connectivity index (χ1) is 24.6. The van der Waals surface area contributed by atoms with Crippen LogP contribution in [0, 0.1) is 17.6 Å². The summed E-state index contributed by atoms with van der Waals surface area (Å²) in [6.45, 7) is 0.326. The standard InChI is InChI=1S/C40H40F2N2O7/c41-30-12-10-28(11-13-30)35(45)19-18-33-37(44(38(33)47)32-16-14-31(42)15-17-32)29-8-6-26(7-9-29)20-21-40(24-50-25-40)51-23-36(46)43-34(39(48)49)22-27-4-2-1-3-5-27/h1-17,33-35,37,45H,18-25H2,(H,43,46)(H,48,49)/t33?,34-,35+,37?/m1/s1. The van der Waals surface area contributed by atoms with Gasteiger partial charge in [-0.3, -0.25) is 9.59 Å². The minimum atomic E-state index is -1.13. The Morgan fingerprint density at radius 3 is 2.16 bits per heavy atom. The van der Waals surface area contributed by atoms with Crippen molar-refractivity contribution in [2.24, 2.45) is 5.92 Å². The quantitative estimate of drug-likeness (QED) is 0.128. The van der Waals surface area contributed by atoms with Crippen molar-refractivity contribution < 1.29 is 42.9 Å². The molecule has 0 bridgehead atoms. The largest absolute Gasteiger partial charge is 0.480 e. The van der Waals surface area contributed by atoms with E-state index in [1.54, 1.807) is 29.2 Å². The van der Waals surface area contributed by atoms with Crippen LogP contribution in [-0.2, 0) is 36.7 Å². The summed E-state index contributed by atoms with van der Waals surface area (Å²) in [5.41, 5.74) is 3.17. The molecule has 2 saturated heterocycles. The van der Waals surface area contributed by atoms with E-state index in [0.29, 0.717) is 50.1 Å². The lowest BCUT2D eigenvalue weighted by molar-refractivity contribution is -0.212. The van der Waals surface area contributed by atoms with Gasteiger partial charge in [0.1, 0.15) is 29.9 Å². The number of aryl methyl sites for hydroxylation is 1. The van der Waals surface area contributed by atoms with Crippen LogP contribution < -0.4 is 10.2 Å². The number of amides is 2. The fraction of sp³-hybridized carbons (Fsp3) is 0.325. The van der Waals surface area contributed by atoms with Gasteiger partial charge in [0.15, 0.2) is 0 Å². The first kappa shape index (κ1) is 35.8. The van der Waals surface area contributed by atoms with Crippen LogP contribution in [0.1, 0.15) is 53.7 Å². The summed E-state index contributed by atoms with van der Waals surface area (Å²) in [6, 6.07) is 27.0. The van der Waals surface area contributed by atoms with Gasteiger partial charge in [-0.1, -0.05) is 66.7 Å². The van der Waals surface area contributed by atoms with Gasteiger partial charge in [-0.15, -0.1) is 0 Å². The average Bonchev–Trinajstić information content (AvgIpc) is 3.11. The number of halogens is 2. The Morgan fingerprint density at radius 1 is 0.902 bits per heavy atom. The van der Waals surface area contributed by atoms with E-state index in [1.165, 1.54) is 36.4 Å². The number of hydrogen-bond acceptors (Lipinski definition) is 6. The Bertz CT molecular complexity index is 1800. The molecule has 9 nitrogen and oxygen atoms in total. The molecule has 3 N–H and O–H groups in total. The third kappa shape index (κ3) is 8.68. The summed E-state index contributed by atoms with van der Waals surface area (Å²) in [6.07, 6.45) is 1.19.